The van der Waals surface area contributed by atoms with Crippen LogP contribution in [0.5, 0.6) is 0 Å². The standard InChI is InChI=1S/C20H23ClN2O/c21-17-5-2-14(3-6-17)19-15-1-4-16(13-15)20(19)8-7-18(22-20)23-9-11-24-12-10-23/h1-6,15-16,19H,7-13H2. The molecule has 1 saturated carbocycles. The smallest absolute Gasteiger partial charge is 0.0998 e. The number of morpholine rings is 1. The fraction of sp³-hybridized carbons (Fsp3) is 0.550. The summed E-state index contributed by atoms with van der Waals surface area (Å²) in [6.07, 6.45) is 8.41. The predicted octanol–water partition coefficient (Wildman–Crippen LogP) is 3.89. The molecule has 1 saturated heterocycles. The second kappa shape index (κ2) is 5.60. The molecule has 24 heavy (non-hydrogen) atoms. The summed E-state index contributed by atoms with van der Waals surface area (Å²) in [6.45, 7) is 3.64. The van der Waals surface area contributed by atoms with Crippen LogP contribution in [0.3, 0.4) is 0 Å². The monoisotopic (exact) mass is 342 g/mol. The van der Waals surface area contributed by atoms with Gasteiger partial charge in [0, 0.05) is 36.4 Å². The van der Waals surface area contributed by atoms with Gasteiger partial charge in [0.1, 0.15) is 0 Å². The number of hydrogen-bond acceptors (Lipinski definition) is 3. The molecule has 4 heteroatoms. The molecule has 2 aliphatic carbocycles. The molecule has 0 amide bonds. The number of hydrogen-bond donors (Lipinski definition) is 0. The Balaban J connectivity index is 1.52. The zero-order valence-electron chi connectivity index (χ0n) is 13.8. The third-order valence-corrected chi connectivity index (χ3v) is 6.67. The molecule has 3 nitrogen and oxygen atoms in total. The van der Waals surface area contributed by atoms with Gasteiger partial charge in [-0.2, -0.15) is 0 Å². The molecule has 0 aromatic heterocycles. The number of amidine groups is 1. The van der Waals surface area contributed by atoms with Crippen LogP contribution in [0.4, 0.5) is 0 Å². The summed E-state index contributed by atoms with van der Waals surface area (Å²) in [5.74, 6) is 3.05. The zero-order chi connectivity index (χ0) is 16.1. The highest BCUT2D eigenvalue weighted by Gasteiger charge is 2.58. The molecule has 2 aliphatic heterocycles. The molecule has 2 heterocycles. The van der Waals surface area contributed by atoms with Crippen LogP contribution in [0.2, 0.25) is 5.02 Å². The average molecular weight is 343 g/mol. The summed E-state index contributed by atoms with van der Waals surface area (Å²) in [6, 6.07) is 8.49. The molecule has 4 atom stereocenters. The quantitative estimate of drug-likeness (QED) is 0.723. The Hall–Kier alpha value is -1.32. The van der Waals surface area contributed by atoms with E-state index in [0.717, 1.165) is 37.7 Å². The second-order valence-corrected chi connectivity index (χ2v) is 7.98. The number of allylic oxidation sites excluding steroid dienone is 1. The van der Waals surface area contributed by atoms with Crippen LogP contribution in [0.1, 0.15) is 30.7 Å². The number of halogens is 1. The van der Waals surface area contributed by atoms with Gasteiger partial charge in [0.25, 0.3) is 0 Å². The van der Waals surface area contributed by atoms with Crippen molar-refractivity contribution in [1.29, 1.82) is 0 Å². The van der Waals surface area contributed by atoms with Crippen molar-refractivity contribution in [3.05, 3.63) is 47.0 Å². The molecule has 4 aliphatic rings. The van der Waals surface area contributed by atoms with Gasteiger partial charge in [-0.3, -0.25) is 4.99 Å². The van der Waals surface area contributed by atoms with E-state index in [-0.39, 0.29) is 5.54 Å². The molecule has 4 unspecified atom stereocenters. The van der Waals surface area contributed by atoms with E-state index in [1.807, 2.05) is 12.1 Å². The van der Waals surface area contributed by atoms with Gasteiger partial charge in [-0.25, -0.2) is 0 Å². The Bertz CT molecular complexity index is 692. The van der Waals surface area contributed by atoms with Gasteiger partial charge in [-0.05, 0) is 36.5 Å². The van der Waals surface area contributed by atoms with E-state index in [1.54, 1.807) is 0 Å². The van der Waals surface area contributed by atoms with Crippen molar-refractivity contribution < 1.29 is 4.74 Å². The van der Waals surface area contributed by atoms with E-state index in [1.165, 1.54) is 24.2 Å². The van der Waals surface area contributed by atoms with Gasteiger partial charge in [0.2, 0.25) is 0 Å². The Labute approximate surface area is 148 Å². The van der Waals surface area contributed by atoms with Crippen molar-refractivity contribution in [3.8, 4) is 0 Å². The predicted molar refractivity (Wildman–Crippen MR) is 96.7 cm³/mol. The van der Waals surface area contributed by atoms with E-state index in [9.17, 15) is 0 Å². The highest BCUT2D eigenvalue weighted by molar-refractivity contribution is 6.30. The zero-order valence-corrected chi connectivity index (χ0v) is 14.6. The number of rotatable bonds is 1. The minimum atomic E-state index is 0.0703. The lowest BCUT2D eigenvalue weighted by Gasteiger charge is -2.37. The number of aliphatic imine (C=N–C) groups is 1. The van der Waals surface area contributed by atoms with Crippen molar-refractivity contribution in [2.24, 2.45) is 16.8 Å². The molecule has 1 spiro atoms. The van der Waals surface area contributed by atoms with E-state index in [4.69, 9.17) is 21.3 Å². The molecule has 2 fully saturated rings. The lowest BCUT2D eigenvalue weighted by molar-refractivity contribution is 0.0674. The minimum absolute atomic E-state index is 0.0703. The molecular formula is C20H23ClN2O. The first-order valence-electron chi connectivity index (χ1n) is 9.11. The molecular weight excluding hydrogens is 320 g/mol. The van der Waals surface area contributed by atoms with E-state index in [0.29, 0.717) is 17.8 Å². The number of ether oxygens (including phenoxy) is 1. The summed E-state index contributed by atoms with van der Waals surface area (Å²) in [4.78, 5) is 7.86. The largest absolute Gasteiger partial charge is 0.378 e. The highest BCUT2D eigenvalue weighted by Crippen LogP contribution is 2.60. The third kappa shape index (κ3) is 2.18. The SMILES string of the molecule is Clc1ccc(C2C3C=CC(C3)C23CCC(N2CCOCC2)=N3)cc1. The Morgan fingerprint density at radius 3 is 2.71 bits per heavy atom. The summed E-state index contributed by atoms with van der Waals surface area (Å²) in [7, 11) is 0. The van der Waals surface area contributed by atoms with Crippen LogP contribution < -0.4 is 0 Å². The van der Waals surface area contributed by atoms with Gasteiger partial charge in [0.15, 0.2) is 0 Å². The van der Waals surface area contributed by atoms with Crippen LogP contribution in [0.15, 0.2) is 41.4 Å². The van der Waals surface area contributed by atoms with E-state index in [2.05, 4.69) is 29.2 Å². The van der Waals surface area contributed by atoms with Crippen molar-refractivity contribution in [1.82, 2.24) is 4.90 Å². The van der Waals surface area contributed by atoms with Crippen molar-refractivity contribution in [2.45, 2.75) is 30.7 Å². The maximum Gasteiger partial charge on any atom is 0.0998 e. The molecule has 1 aromatic rings. The van der Waals surface area contributed by atoms with E-state index < -0.39 is 0 Å². The number of nitrogens with zero attached hydrogens (tertiary/aromatic N) is 2. The van der Waals surface area contributed by atoms with Crippen LogP contribution in [-0.4, -0.2) is 42.6 Å². The topological polar surface area (TPSA) is 24.8 Å². The van der Waals surface area contributed by atoms with Crippen LogP contribution in [0.25, 0.3) is 0 Å². The summed E-state index contributed by atoms with van der Waals surface area (Å²) < 4.78 is 5.51. The third-order valence-electron chi connectivity index (χ3n) is 6.42. The van der Waals surface area contributed by atoms with Gasteiger partial charge in [-0.1, -0.05) is 35.9 Å². The van der Waals surface area contributed by atoms with Gasteiger partial charge < -0.3 is 9.64 Å². The lowest BCUT2D eigenvalue weighted by Crippen LogP contribution is -2.40. The molecule has 0 N–H and O–H groups in total. The Morgan fingerprint density at radius 1 is 1.12 bits per heavy atom. The average Bonchev–Trinajstić information content (AvgIpc) is 3.32. The van der Waals surface area contributed by atoms with Gasteiger partial charge >= 0.3 is 0 Å². The molecule has 126 valence electrons. The van der Waals surface area contributed by atoms with E-state index >= 15 is 0 Å². The van der Waals surface area contributed by atoms with Gasteiger partial charge in [-0.15, -0.1) is 0 Å². The fourth-order valence-electron chi connectivity index (χ4n) is 5.36. The first kappa shape index (κ1) is 15.0. The fourth-order valence-corrected chi connectivity index (χ4v) is 5.49. The summed E-state index contributed by atoms with van der Waals surface area (Å²) in [5, 5.41) is 0.815. The molecule has 5 rings (SSSR count). The number of fused-ring (bicyclic) bond motifs is 3. The second-order valence-electron chi connectivity index (χ2n) is 7.54. The number of benzene rings is 1. The Morgan fingerprint density at radius 2 is 1.92 bits per heavy atom. The summed E-state index contributed by atoms with van der Waals surface area (Å²) >= 11 is 6.11. The molecule has 1 aromatic carbocycles. The normalized spacial score (nSPS) is 37.5. The first-order chi connectivity index (χ1) is 11.8. The maximum atomic E-state index is 6.11. The first-order valence-corrected chi connectivity index (χ1v) is 9.49. The van der Waals surface area contributed by atoms with Crippen molar-refractivity contribution in [3.63, 3.8) is 0 Å². The van der Waals surface area contributed by atoms with Crippen molar-refractivity contribution in [2.75, 3.05) is 26.3 Å². The molecule has 2 bridgehead atoms. The molecule has 0 radical (unpaired) electrons. The van der Waals surface area contributed by atoms with Crippen LogP contribution in [-0.2, 0) is 4.74 Å². The minimum Gasteiger partial charge on any atom is -0.378 e. The lowest BCUT2D eigenvalue weighted by atomic mass is 9.71. The maximum absolute atomic E-state index is 6.11. The highest BCUT2D eigenvalue weighted by atomic mass is 35.5. The Kier molecular flexibility index (Phi) is 3.50. The van der Waals surface area contributed by atoms with Crippen LogP contribution >= 0.6 is 11.6 Å². The van der Waals surface area contributed by atoms with Gasteiger partial charge in [0.05, 0.1) is 24.6 Å². The summed E-state index contributed by atoms with van der Waals surface area (Å²) in [5.41, 5.74) is 1.48. The van der Waals surface area contributed by atoms with Crippen molar-refractivity contribution >= 4 is 17.4 Å². The van der Waals surface area contributed by atoms with Crippen LogP contribution in [0, 0.1) is 11.8 Å².